The smallest absolute Gasteiger partial charge is 0.300 e. The SMILES string of the molecule is Cc1ccc(Nc2ccc([N+](=O)[O-])c3nonc23)cc1Cl. The number of fused-ring (bicyclic) bond motifs is 1. The number of halogens is 1. The van der Waals surface area contributed by atoms with E-state index in [0.717, 1.165) is 11.3 Å². The first kappa shape index (κ1) is 13.3. The molecule has 1 aromatic heterocycles. The third-order valence-corrected chi connectivity index (χ3v) is 3.45. The first-order valence-electron chi connectivity index (χ1n) is 5.99. The molecular formula is C13H9ClN4O3. The summed E-state index contributed by atoms with van der Waals surface area (Å²) >= 11 is 6.07. The fraction of sp³-hybridized carbons (Fsp3) is 0.0769. The van der Waals surface area contributed by atoms with E-state index in [0.29, 0.717) is 16.2 Å². The van der Waals surface area contributed by atoms with Crippen molar-refractivity contribution < 1.29 is 9.55 Å². The number of nitrogens with zero attached hydrogens (tertiary/aromatic N) is 3. The summed E-state index contributed by atoms with van der Waals surface area (Å²) in [5, 5.41) is 21.9. The van der Waals surface area contributed by atoms with Crippen LogP contribution in [0.5, 0.6) is 0 Å². The normalized spacial score (nSPS) is 10.8. The van der Waals surface area contributed by atoms with Crippen LogP contribution in [0.3, 0.4) is 0 Å². The summed E-state index contributed by atoms with van der Waals surface area (Å²) in [6.45, 7) is 1.90. The van der Waals surface area contributed by atoms with Gasteiger partial charge in [-0.2, -0.15) is 0 Å². The Kier molecular flexibility index (Phi) is 3.19. The van der Waals surface area contributed by atoms with E-state index < -0.39 is 4.92 Å². The Hall–Kier alpha value is -2.67. The minimum absolute atomic E-state index is 0.100. The fourth-order valence-corrected chi connectivity index (χ4v) is 2.11. The molecule has 0 aliphatic heterocycles. The number of nitro benzene ring substituents is 1. The van der Waals surface area contributed by atoms with Crippen molar-refractivity contribution in [3.05, 3.63) is 51.0 Å². The number of aromatic nitrogens is 2. The lowest BCUT2D eigenvalue weighted by molar-refractivity contribution is -0.383. The van der Waals surface area contributed by atoms with E-state index >= 15 is 0 Å². The van der Waals surface area contributed by atoms with Gasteiger partial charge in [-0.05, 0) is 41.0 Å². The quantitative estimate of drug-likeness (QED) is 0.583. The lowest BCUT2D eigenvalue weighted by atomic mass is 10.2. The number of non-ortho nitro benzene ring substituents is 1. The number of nitrogens with one attached hydrogen (secondary N) is 1. The van der Waals surface area contributed by atoms with Crippen molar-refractivity contribution in [1.29, 1.82) is 0 Å². The largest absolute Gasteiger partial charge is 0.354 e. The molecule has 0 aliphatic carbocycles. The molecule has 3 rings (SSSR count). The standard InChI is InChI=1S/C13H9ClN4O3/c1-7-2-3-8(6-9(7)14)15-10-4-5-11(18(19)20)13-12(10)16-21-17-13/h2-6,15H,1H3. The first-order chi connectivity index (χ1) is 10.1. The molecule has 0 saturated heterocycles. The van der Waals surface area contributed by atoms with Crippen LogP contribution < -0.4 is 5.32 Å². The van der Waals surface area contributed by atoms with Gasteiger partial charge in [-0.3, -0.25) is 10.1 Å². The molecule has 0 aliphatic rings. The number of aryl methyl sites for hydroxylation is 1. The predicted molar refractivity (Wildman–Crippen MR) is 77.9 cm³/mol. The fourth-order valence-electron chi connectivity index (χ4n) is 1.93. The molecule has 0 amide bonds. The molecule has 106 valence electrons. The first-order valence-corrected chi connectivity index (χ1v) is 6.37. The van der Waals surface area contributed by atoms with Crippen LogP contribution in [0.15, 0.2) is 35.0 Å². The molecule has 0 fully saturated rings. The highest BCUT2D eigenvalue weighted by molar-refractivity contribution is 6.31. The summed E-state index contributed by atoms with van der Waals surface area (Å²) in [5.41, 5.74) is 2.49. The van der Waals surface area contributed by atoms with Gasteiger partial charge in [-0.1, -0.05) is 17.7 Å². The van der Waals surface area contributed by atoms with Gasteiger partial charge in [0.25, 0.3) is 0 Å². The van der Waals surface area contributed by atoms with Gasteiger partial charge >= 0.3 is 5.69 Å². The maximum Gasteiger partial charge on any atom is 0.300 e. The monoisotopic (exact) mass is 304 g/mol. The van der Waals surface area contributed by atoms with Crippen molar-refractivity contribution in [3.8, 4) is 0 Å². The van der Waals surface area contributed by atoms with E-state index in [1.54, 1.807) is 12.1 Å². The Labute approximate surface area is 123 Å². The van der Waals surface area contributed by atoms with Gasteiger partial charge in [-0.15, -0.1) is 0 Å². The lowest BCUT2D eigenvalue weighted by Gasteiger charge is -2.08. The second kappa shape index (κ2) is 5.02. The van der Waals surface area contributed by atoms with E-state index in [-0.39, 0.29) is 11.2 Å². The van der Waals surface area contributed by atoms with Crippen molar-refractivity contribution in [1.82, 2.24) is 10.3 Å². The number of hydrogen-bond acceptors (Lipinski definition) is 6. The minimum Gasteiger partial charge on any atom is -0.354 e. The molecule has 1 heterocycles. The molecule has 3 aromatic rings. The molecule has 2 aromatic carbocycles. The Morgan fingerprint density at radius 1 is 1.24 bits per heavy atom. The van der Waals surface area contributed by atoms with Crippen LogP contribution in [0, 0.1) is 17.0 Å². The molecule has 1 N–H and O–H groups in total. The zero-order valence-electron chi connectivity index (χ0n) is 10.8. The maximum absolute atomic E-state index is 10.9. The van der Waals surface area contributed by atoms with Gasteiger partial charge in [0, 0.05) is 16.8 Å². The summed E-state index contributed by atoms with van der Waals surface area (Å²) < 4.78 is 4.61. The van der Waals surface area contributed by atoms with Crippen molar-refractivity contribution in [2.75, 3.05) is 5.32 Å². The third kappa shape index (κ3) is 2.38. The van der Waals surface area contributed by atoms with E-state index in [9.17, 15) is 10.1 Å². The topological polar surface area (TPSA) is 94.1 Å². The molecule has 0 unspecified atom stereocenters. The molecule has 8 heteroatoms. The number of anilines is 2. The van der Waals surface area contributed by atoms with Gasteiger partial charge < -0.3 is 5.32 Å². The van der Waals surface area contributed by atoms with Crippen molar-refractivity contribution in [2.24, 2.45) is 0 Å². The molecule has 0 radical (unpaired) electrons. The summed E-state index contributed by atoms with van der Waals surface area (Å²) in [4.78, 5) is 10.4. The number of rotatable bonds is 3. The van der Waals surface area contributed by atoms with Crippen molar-refractivity contribution >= 4 is 39.7 Å². The number of nitro groups is 1. The highest BCUT2D eigenvalue weighted by atomic mass is 35.5. The second-order valence-corrected chi connectivity index (χ2v) is 4.85. The Balaban J connectivity index is 2.05. The van der Waals surface area contributed by atoms with Crippen molar-refractivity contribution in [2.45, 2.75) is 6.92 Å². The predicted octanol–water partition coefficient (Wildman–Crippen LogP) is 3.84. The van der Waals surface area contributed by atoms with Gasteiger partial charge in [-0.25, -0.2) is 4.63 Å². The summed E-state index contributed by atoms with van der Waals surface area (Å²) in [7, 11) is 0. The second-order valence-electron chi connectivity index (χ2n) is 4.44. The minimum atomic E-state index is -0.529. The highest BCUT2D eigenvalue weighted by Gasteiger charge is 2.19. The molecule has 0 saturated carbocycles. The molecule has 0 atom stereocenters. The van der Waals surface area contributed by atoms with Crippen LogP contribution in [0.1, 0.15) is 5.56 Å². The van der Waals surface area contributed by atoms with Crippen LogP contribution >= 0.6 is 11.6 Å². The maximum atomic E-state index is 10.9. The summed E-state index contributed by atoms with van der Waals surface area (Å²) in [5.74, 6) is 0. The van der Waals surface area contributed by atoms with Crippen LogP contribution in [0.25, 0.3) is 11.0 Å². The van der Waals surface area contributed by atoms with E-state index in [2.05, 4.69) is 20.3 Å². The summed E-state index contributed by atoms with van der Waals surface area (Å²) in [6.07, 6.45) is 0. The van der Waals surface area contributed by atoms with Crippen molar-refractivity contribution in [3.63, 3.8) is 0 Å². The average molecular weight is 305 g/mol. The molecule has 7 nitrogen and oxygen atoms in total. The van der Waals surface area contributed by atoms with Crippen LogP contribution in [-0.4, -0.2) is 15.2 Å². The lowest BCUT2D eigenvalue weighted by Crippen LogP contribution is -1.95. The zero-order valence-corrected chi connectivity index (χ0v) is 11.6. The number of hydrogen-bond donors (Lipinski definition) is 1. The van der Waals surface area contributed by atoms with Gasteiger partial charge in [0.2, 0.25) is 5.52 Å². The van der Waals surface area contributed by atoms with Crippen LogP contribution in [0.4, 0.5) is 17.1 Å². The van der Waals surface area contributed by atoms with E-state index in [1.165, 1.54) is 6.07 Å². The zero-order chi connectivity index (χ0) is 15.0. The Bertz CT molecular complexity index is 847. The molecular weight excluding hydrogens is 296 g/mol. The van der Waals surface area contributed by atoms with Gasteiger partial charge in [0.15, 0.2) is 5.52 Å². The van der Waals surface area contributed by atoms with Crippen LogP contribution in [0.2, 0.25) is 5.02 Å². The van der Waals surface area contributed by atoms with E-state index in [4.69, 9.17) is 11.6 Å². The third-order valence-electron chi connectivity index (χ3n) is 3.04. The Morgan fingerprint density at radius 3 is 2.71 bits per heavy atom. The molecule has 0 bridgehead atoms. The van der Waals surface area contributed by atoms with E-state index in [1.807, 2.05) is 19.1 Å². The number of benzene rings is 2. The molecule has 21 heavy (non-hydrogen) atoms. The van der Waals surface area contributed by atoms with Gasteiger partial charge in [0.05, 0.1) is 10.6 Å². The average Bonchev–Trinajstić information content (AvgIpc) is 2.92. The summed E-state index contributed by atoms with van der Waals surface area (Å²) in [6, 6.07) is 8.39. The van der Waals surface area contributed by atoms with Crippen LogP contribution in [-0.2, 0) is 0 Å². The van der Waals surface area contributed by atoms with Gasteiger partial charge in [0.1, 0.15) is 0 Å². The Morgan fingerprint density at radius 2 is 2.00 bits per heavy atom. The molecule has 0 spiro atoms. The highest BCUT2D eigenvalue weighted by Crippen LogP contribution is 2.31.